The van der Waals surface area contributed by atoms with E-state index in [-0.39, 0.29) is 0 Å². The number of hydrogen-bond donors (Lipinski definition) is 1. The molecule has 0 aliphatic heterocycles. The minimum absolute atomic E-state index is 0.872. The van der Waals surface area contributed by atoms with Crippen LogP contribution in [-0.2, 0) is 7.05 Å². The number of benzene rings is 1. The highest BCUT2D eigenvalue weighted by atomic mass is 16.5. The van der Waals surface area contributed by atoms with Gasteiger partial charge in [-0.2, -0.15) is 0 Å². The minimum atomic E-state index is 0.872. The summed E-state index contributed by atoms with van der Waals surface area (Å²) < 4.78 is 7.38. The quantitative estimate of drug-likeness (QED) is 0.724. The van der Waals surface area contributed by atoms with Gasteiger partial charge in [0.2, 0.25) is 5.69 Å². The Bertz CT molecular complexity index is 772. The summed E-state index contributed by atoms with van der Waals surface area (Å²) in [6.07, 6.45) is 8.29. The lowest BCUT2D eigenvalue weighted by Gasteiger charge is -1.99. The van der Waals surface area contributed by atoms with Crippen LogP contribution < -0.4 is 9.30 Å². The molecule has 3 nitrogen and oxygen atoms in total. The number of nitrogens with one attached hydrogen (secondary N) is 1. The maximum Gasteiger partial charge on any atom is 0.204 e. The van der Waals surface area contributed by atoms with Crippen LogP contribution in [0.3, 0.4) is 0 Å². The molecule has 20 heavy (non-hydrogen) atoms. The molecule has 0 amide bonds. The Balaban J connectivity index is 2.00. The van der Waals surface area contributed by atoms with E-state index in [1.807, 2.05) is 43.7 Å². The summed E-state index contributed by atoms with van der Waals surface area (Å²) in [4.78, 5) is 3.28. The standard InChI is InChI=1S/C17H16N2O/c1-19-10-4-3-5-14(19)7-6-13-12-18-17-9-8-15(20-2)11-16(13)17/h3-12H,1-2H3/p+1. The highest BCUT2D eigenvalue weighted by Crippen LogP contribution is 2.24. The third kappa shape index (κ3) is 2.30. The van der Waals surface area contributed by atoms with Crippen molar-refractivity contribution in [3.8, 4) is 5.75 Å². The van der Waals surface area contributed by atoms with Gasteiger partial charge in [0, 0.05) is 40.9 Å². The SMILES string of the molecule is COc1ccc2[nH]cc(/C=C/c3cccc[n+]3C)c2c1. The molecule has 2 heterocycles. The van der Waals surface area contributed by atoms with Crippen LogP contribution in [0.5, 0.6) is 5.75 Å². The summed E-state index contributed by atoms with van der Waals surface area (Å²) in [5, 5.41) is 1.17. The van der Waals surface area contributed by atoms with Crippen LogP contribution >= 0.6 is 0 Å². The van der Waals surface area contributed by atoms with Crippen LogP contribution in [0.2, 0.25) is 0 Å². The lowest BCUT2D eigenvalue weighted by atomic mass is 10.1. The Morgan fingerprint density at radius 1 is 1.15 bits per heavy atom. The molecular formula is C17H17N2O+. The van der Waals surface area contributed by atoms with E-state index in [9.17, 15) is 0 Å². The Labute approximate surface area is 118 Å². The molecule has 3 rings (SSSR count). The van der Waals surface area contributed by atoms with Crippen molar-refractivity contribution < 1.29 is 9.30 Å². The molecule has 100 valence electrons. The van der Waals surface area contributed by atoms with Crippen molar-refractivity contribution in [1.82, 2.24) is 4.98 Å². The molecular weight excluding hydrogens is 248 g/mol. The number of methoxy groups -OCH3 is 1. The zero-order chi connectivity index (χ0) is 13.9. The van der Waals surface area contributed by atoms with Crippen molar-refractivity contribution in [2.45, 2.75) is 0 Å². The van der Waals surface area contributed by atoms with Gasteiger partial charge in [-0.3, -0.25) is 0 Å². The predicted molar refractivity (Wildman–Crippen MR) is 81.4 cm³/mol. The third-order valence-corrected chi connectivity index (χ3v) is 3.45. The van der Waals surface area contributed by atoms with Crippen LogP contribution in [0.25, 0.3) is 23.1 Å². The first kappa shape index (κ1) is 12.5. The number of ether oxygens (including phenoxy) is 1. The lowest BCUT2D eigenvalue weighted by Crippen LogP contribution is -2.30. The highest BCUT2D eigenvalue weighted by Gasteiger charge is 2.04. The monoisotopic (exact) mass is 265 g/mol. The molecule has 0 bridgehead atoms. The Morgan fingerprint density at radius 3 is 2.85 bits per heavy atom. The van der Waals surface area contributed by atoms with E-state index in [0.29, 0.717) is 0 Å². The number of H-pyrrole nitrogens is 1. The number of aryl methyl sites for hydroxylation is 1. The van der Waals surface area contributed by atoms with Gasteiger partial charge in [-0.05, 0) is 30.3 Å². The zero-order valence-corrected chi connectivity index (χ0v) is 11.6. The second-order valence-electron chi connectivity index (χ2n) is 4.73. The first-order valence-electron chi connectivity index (χ1n) is 6.56. The van der Waals surface area contributed by atoms with Crippen molar-refractivity contribution in [3.05, 3.63) is 60.0 Å². The number of aromatic amines is 1. The molecule has 0 atom stereocenters. The second kappa shape index (κ2) is 5.21. The Hall–Kier alpha value is -2.55. The molecule has 3 aromatic rings. The number of pyridine rings is 1. The van der Waals surface area contributed by atoms with E-state index in [1.165, 1.54) is 5.39 Å². The van der Waals surface area contributed by atoms with Gasteiger partial charge in [0.1, 0.15) is 12.8 Å². The number of fused-ring (bicyclic) bond motifs is 1. The van der Waals surface area contributed by atoms with Crippen LogP contribution in [0.1, 0.15) is 11.3 Å². The average molecular weight is 265 g/mol. The smallest absolute Gasteiger partial charge is 0.204 e. The summed E-state index contributed by atoms with van der Waals surface area (Å²) in [5.74, 6) is 0.872. The van der Waals surface area contributed by atoms with E-state index in [2.05, 4.69) is 33.8 Å². The van der Waals surface area contributed by atoms with Gasteiger partial charge < -0.3 is 9.72 Å². The minimum Gasteiger partial charge on any atom is -0.497 e. The fraction of sp³-hybridized carbons (Fsp3) is 0.118. The fourth-order valence-electron chi connectivity index (χ4n) is 2.27. The molecule has 1 N–H and O–H groups in total. The summed E-state index contributed by atoms with van der Waals surface area (Å²) in [5.41, 5.74) is 3.43. The predicted octanol–water partition coefficient (Wildman–Crippen LogP) is 3.17. The summed E-state index contributed by atoms with van der Waals surface area (Å²) in [6, 6.07) is 12.2. The van der Waals surface area contributed by atoms with E-state index in [0.717, 1.165) is 22.5 Å². The van der Waals surface area contributed by atoms with Gasteiger partial charge in [-0.15, -0.1) is 0 Å². The molecule has 2 aromatic heterocycles. The van der Waals surface area contributed by atoms with E-state index in [4.69, 9.17) is 4.74 Å². The van der Waals surface area contributed by atoms with Crippen LogP contribution in [0.4, 0.5) is 0 Å². The maximum atomic E-state index is 5.29. The molecule has 3 heteroatoms. The van der Waals surface area contributed by atoms with Gasteiger partial charge in [0.15, 0.2) is 6.20 Å². The summed E-state index contributed by atoms with van der Waals surface area (Å²) in [6.45, 7) is 0. The van der Waals surface area contributed by atoms with Crippen molar-refractivity contribution in [1.29, 1.82) is 0 Å². The lowest BCUT2D eigenvalue weighted by molar-refractivity contribution is -0.673. The molecule has 0 aliphatic carbocycles. The normalized spacial score (nSPS) is 11.3. The molecule has 0 radical (unpaired) electrons. The number of hydrogen-bond acceptors (Lipinski definition) is 1. The Morgan fingerprint density at radius 2 is 2.05 bits per heavy atom. The molecule has 0 saturated heterocycles. The first-order valence-corrected chi connectivity index (χ1v) is 6.56. The van der Waals surface area contributed by atoms with Gasteiger partial charge in [-0.1, -0.05) is 0 Å². The summed E-state index contributed by atoms with van der Waals surface area (Å²) in [7, 11) is 3.73. The molecule has 0 aliphatic rings. The number of nitrogens with zero attached hydrogens (tertiary/aromatic N) is 1. The molecule has 0 unspecified atom stereocenters. The third-order valence-electron chi connectivity index (χ3n) is 3.45. The second-order valence-corrected chi connectivity index (χ2v) is 4.73. The van der Waals surface area contributed by atoms with Crippen molar-refractivity contribution in [3.63, 3.8) is 0 Å². The van der Waals surface area contributed by atoms with E-state index < -0.39 is 0 Å². The molecule has 0 saturated carbocycles. The molecule has 1 aromatic carbocycles. The van der Waals surface area contributed by atoms with Crippen molar-refractivity contribution >= 4 is 23.1 Å². The zero-order valence-electron chi connectivity index (χ0n) is 11.6. The van der Waals surface area contributed by atoms with Gasteiger partial charge in [0.05, 0.1) is 7.11 Å². The first-order chi connectivity index (χ1) is 9.78. The van der Waals surface area contributed by atoms with Crippen LogP contribution in [-0.4, -0.2) is 12.1 Å². The molecule has 0 fully saturated rings. The van der Waals surface area contributed by atoms with Crippen molar-refractivity contribution in [2.75, 3.05) is 7.11 Å². The summed E-state index contributed by atoms with van der Waals surface area (Å²) >= 11 is 0. The van der Waals surface area contributed by atoms with Gasteiger partial charge in [0.25, 0.3) is 0 Å². The highest BCUT2D eigenvalue weighted by molar-refractivity contribution is 5.92. The van der Waals surface area contributed by atoms with Crippen LogP contribution in [0.15, 0.2) is 48.8 Å². The average Bonchev–Trinajstić information content (AvgIpc) is 2.88. The number of aromatic nitrogens is 2. The van der Waals surface area contributed by atoms with Gasteiger partial charge >= 0.3 is 0 Å². The van der Waals surface area contributed by atoms with Crippen molar-refractivity contribution in [2.24, 2.45) is 7.05 Å². The topological polar surface area (TPSA) is 28.9 Å². The number of rotatable bonds is 3. The maximum absolute atomic E-state index is 5.29. The van der Waals surface area contributed by atoms with E-state index in [1.54, 1.807) is 7.11 Å². The van der Waals surface area contributed by atoms with Crippen LogP contribution in [0, 0.1) is 0 Å². The largest absolute Gasteiger partial charge is 0.497 e. The van der Waals surface area contributed by atoms with Gasteiger partial charge in [-0.25, -0.2) is 4.57 Å². The Kier molecular flexibility index (Phi) is 3.25. The van der Waals surface area contributed by atoms with E-state index >= 15 is 0 Å². The fourth-order valence-corrected chi connectivity index (χ4v) is 2.27. The molecule has 0 spiro atoms.